The summed E-state index contributed by atoms with van der Waals surface area (Å²) in [6.07, 6.45) is 10.9. The maximum absolute atomic E-state index is 10.6. The SMILES string of the molecule is C=Cc1c(C)c(C)c(/C=C\CN)n1-c1cccc(-c2ccc(-c3ccc(C#N)cc3-n3c(C)c(/C=C\CC)c4cc(C#N)ccc43)cc2)c1C#N. The number of hydrogen-bond donors (Lipinski definition) is 1. The van der Waals surface area contributed by atoms with E-state index in [0.29, 0.717) is 23.2 Å². The first-order valence-electron chi connectivity index (χ1n) is 16.9. The zero-order valence-electron chi connectivity index (χ0n) is 29.3. The minimum Gasteiger partial charge on any atom is -0.327 e. The fraction of sp³-hybridized carbons (Fsp3) is 0.133. The zero-order valence-corrected chi connectivity index (χ0v) is 29.3. The number of nitriles is 3. The summed E-state index contributed by atoms with van der Waals surface area (Å²) < 4.78 is 4.28. The van der Waals surface area contributed by atoms with Gasteiger partial charge in [-0.15, -0.1) is 0 Å². The zero-order chi connectivity index (χ0) is 36.2. The van der Waals surface area contributed by atoms with Crippen molar-refractivity contribution in [3.05, 3.63) is 148 Å². The molecule has 4 aromatic carbocycles. The lowest BCUT2D eigenvalue weighted by atomic mass is 9.95. The lowest BCUT2D eigenvalue weighted by molar-refractivity contribution is 1.03. The van der Waals surface area contributed by atoms with E-state index < -0.39 is 0 Å². The highest BCUT2D eigenvalue weighted by molar-refractivity contribution is 5.95. The van der Waals surface area contributed by atoms with Crippen molar-refractivity contribution < 1.29 is 0 Å². The van der Waals surface area contributed by atoms with Crippen molar-refractivity contribution in [2.45, 2.75) is 34.1 Å². The Labute approximate surface area is 299 Å². The van der Waals surface area contributed by atoms with Crippen molar-refractivity contribution in [2.24, 2.45) is 5.73 Å². The largest absolute Gasteiger partial charge is 0.327 e. The third kappa shape index (κ3) is 5.98. The van der Waals surface area contributed by atoms with Crippen molar-refractivity contribution in [2.75, 3.05) is 6.54 Å². The van der Waals surface area contributed by atoms with Gasteiger partial charge in [-0.1, -0.05) is 74.2 Å². The van der Waals surface area contributed by atoms with E-state index in [-0.39, 0.29) is 0 Å². The number of nitrogens with two attached hydrogens (primary N) is 1. The van der Waals surface area contributed by atoms with Crippen molar-refractivity contribution in [1.29, 1.82) is 15.8 Å². The van der Waals surface area contributed by atoms with Gasteiger partial charge in [-0.2, -0.15) is 15.8 Å². The summed E-state index contributed by atoms with van der Waals surface area (Å²) in [5.41, 5.74) is 20.0. The average molecular weight is 663 g/mol. The minimum atomic E-state index is 0.408. The molecule has 51 heavy (non-hydrogen) atoms. The predicted octanol–water partition coefficient (Wildman–Crippen LogP) is 10.3. The maximum Gasteiger partial charge on any atom is 0.102 e. The molecule has 0 aliphatic rings. The molecule has 0 bridgehead atoms. The summed E-state index contributed by atoms with van der Waals surface area (Å²) >= 11 is 0. The summed E-state index contributed by atoms with van der Waals surface area (Å²) in [4.78, 5) is 0. The molecular weight excluding hydrogens is 625 g/mol. The average Bonchev–Trinajstić information content (AvgIpc) is 3.58. The van der Waals surface area contributed by atoms with Gasteiger partial charge in [-0.3, -0.25) is 0 Å². The van der Waals surface area contributed by atoms with Gasteiger partial charge in [0.2, 0.25) is 0 Å². The standard InChI is InChI=1S/C45H38N6/c1-6-8-11-36-31(5)50(44-22-16-32(26-47)24-39(36)44)45-25-33(27-48)15-21-38(45)35-19-17-34(18-20-35)37-12-9-13-43(40(37)28-49)51-41(7-2)29(3)30(4)42(51)14-10-23-46/h7-22,24-25H,2,6,23,46H2,1,3-5H3/b11-8-,14-10-. The minimum absolute atomic E-state index is 0.408. The first-order valence-corrected chi connectivity index (χ1v) is 16.9. The molecule has 0 atom stereocenters. The summed E-state index contributed by atoms with van der Waals surface area (Å²) in [5.74, 6) is 0. The van der Waals surface area contributed by atoms with Crippen LogP contribution in [0.1, 0.15) is 63.8 Å². The van der Waals surface area contributed by atoms with E-state index in [1.54, 1.807) is 0 Å². The van der Waals surface area contributed by atoms with E-state index in [1.165, 1.54) is 0 Å². The molecule has 2 heterocycles. The Morgan fingerprint density at radius 1 is 0.706 bits per heavy atom. The van der Waals surface area contributed by atoms with Gasteiger partial charge < -0.3 is 14.9 Å². The topological polar surface area (TPSA) is 107 Å². The number of hydrogen-bond acceptors (Lipinski definition) is 4. The van der Waals surface area contributed by atoms with Crippen LogP contribution in [0.2, 0.25) is 0 Å². The Morgan fingerprint density at radius 3 is 2.02 bits per heavy atom. The van der Waals surface area contributed by atoms with Crippen molar-refractivity contribution in [1.82, 2.24) is 9.13 Å². The van der Waals surface area contributed by atoms with E-state index in [4.69, 9.17) is 5.73 Å². The third-order valence-corrected chi connectivity index (χ3v) is 9.59. The molecule has 6 nitrogen and oxygen atoms in total. The van der Waals surface area contributed by atoms with Crippen LogP contribution in [0, 0.1) is 54.8 Å². The fourth-order valence-electron chi connectivity index (χ4n) is 6.95. The molecule has 0 aliphatic carbocycles. The molecule has 0 aliphatic heterocycles. The second-order valence-electron chi connectivity index (χ2n) is 12.4. The van der Waals surface area contributed by atoms with E-state index in [9.17, 15) is 15.8 Å². The van der Waals surface area contributed by atoms with Gasteiger partial charge in [-0.25, -0.2) is 0 Å². The number of rotatable bonds is 9. The van der Waals surface area contributed by atoms with Crippen molar-refractivity contribution >= 4 is 29.1 Å². The third-order valence-electron chi connectivity index (χ3n) is 9.59. The smallest absolute Gasteiger partial charge is 0.102 e. The molecule has 6 heteroatoms. The highest BCUT2D eigenvalue weighted by atomic mass is 15.0. The maximum atomic E-state index is 10.6. The number of fused-ring (bicyclic) bond motifs is 1. The van der Waals surface area contributed by atoms with E-state index >= 15 is 0 Å². The van der Waals surface area contributed by atoms with Crippen molar-refractivity contribution in [3.63, 3.8) is 0 Å². The molecule has 0 amide bonds. The van der Waals surface area contributed by atoms with Gasteiger partial charge in [-0.05, 0) is 98.0 Å². The lowest BCUT2D eigenvalue weighted by Crippen LogP contribution is -2.04. The quantitative estimate of drug-likeness (QED) is 0.166. The fourth-order valence-corrected chi connectivity index (χ4v) is 6.95. The van der Waals surface area contributed by atoms with Crippen molar-refractivity contribution in [3.8, 4) is 51.8 Å². The monoisotopic (exact) mass is 662 g/mol. The Kier molecular flexibility index (Phi) is 9.70. The van der Waals surface area contributed by atoms with E-state index in [1.807, 2.05) is 85.0 Å². The van der Waals surface area contributed by atoms with E-state index in [2.05, 4.69) is 85.9 Å². The number of nitrogens with zero attached hydrogens (tertiary/aromatic N) is 5. The summed E-state index contributed by atoms with van der Waals surface area (Å²) in [5, 5.41) is 31.2. The van der Waals surface area contributed by atoms with Gasteiger partial charge in [0, 0.05) is 45.7 Å². The first-order chi connectivity index (χ1) is 24.8. The Balaban J connectivity index is 1.51. The molecule has 0 saturated heterocycles. The van der Waals surface area contributed by atoms with Crippen LogP contribution in [0.4, 0.5) is 0 Å². The molecule has 2 aromatic heterocycles. The van der Waals surface area contributed by atoms with Crippen LogP contribution in [0.5, 0.6) is 0 Å². The molecule has 2 N–H and O–H groups in total. The van der Waals surface area contributed by atoms with Crippen LogP contribution >= 0.6 is 0 Å². The molecule has 6 aromatic rings. The van der Waals surface area contributed by atoms with Gasteiger partial charge in [0.05, 0.1) is 45.7 Å². The van der Waals surface area contributed by atoms with Gasteiger partial charge in [0.1, 0.15) is 6.07 Å². The van der Waals surface area contributed by atoms with Crippen LogP contribution in [0.3, 0.4) is 0 Å². The molecule has 0 fully saturated rings. The normalized spacial score (nSPS) is 11.3. The van der Waals surface area contributed by atoms with Crippen LogP contribution in [-0.4, -0.2) is 15.7 Å². The highest BCUT2D eigenvalue weighted by Crippen LogP contribution is 2.38. The second-order valence-corrected chi connectivity index (χ2v) is 12.4. The molecule has 0 spiro atoms. The summed E-state index contributed by atoms with van der Waals surface area (Å²) in [6, 6.07) is 32.7. The number of benzene rings is 4. The summed E-state index contributed by atoms with van der Waals surface area (Å²) in [6.45, 7) is 12.8. The molecule has 0 unspecified atom stereocenters. The Morgan fingerprint density at radius 2 is 1.37 bits per heavy atom. The molecule has 0 radical (unpaired) electrons. The molecule has 248 valence electrons. The van der Waals surface area contributed by atoms with Gasteiger partial charge >= 0.3 is 0 Å². The van der Waals surface area contributed by atoms with Gasteiger partial charge in [0.15, 0.2) is 0 Å². The Hall–Kier alpha value is -6.65. The number of allylic oxidation sites excluding steroid dienone is 1. The Bertz CT molecular complexity index is 2510. The van der Waals surface area contributed by atoms with E-state index in [0.717, 1.165) is 84.7 Å². The molecular formula is C45H38N6. The second kappa shape index (κ2) is 14.5. The number of aromatic nitrogens is 2. The van der Waals surface area contributed by atoms with Crippen LogP contribution < -0.4 is 5.73 Å². The van der Waals surface area contributed by atoms with Crippen LogP contribution in [0.15, 0.2) is 97.6 Å². The molecule has 0 saturated carbocycles. The highest BCUT2D eigenvalue weighted by Gasteiger charge is 2.21. The first kappa shape index (κ1) is 34.2. The molecule has 6 rings (SSSR count). The van der Waals surface area contributed by atoms with Crippen LogP contribution in [-0.2, 0) is 0 Å². The van der Waals surface area contributed by atoms with Crippen LogP contribution in [0.25, 0.3) is 62.8 Å². The summed E-state index contributed by atoms with van der Waals surface area (Å²) in [7, 11) is 0. The predicted molar refractivity (Wildman–Crippen MR) is 209 cm³/mol. The lowest BCUT2D eigenvalue weighted by Gasteiger charge is -2.17. The van der Waals surface area contributed by atoms with Gasteiger partial charge in [0.25, 0.3) is 0 Å².